The molecule has 0 aliphatic heterocycles. The highest BCUT2D eigenvalue weighted by Crippen LogP contribution is 2.02. The molecule has 58 valence electrons. The predicted octanol–water partition coefficient (Wildman–Crippen LogP) is 1.83. The summed E-state index contributed by atoms with van der Waals surface area (Å²) < 4.78 is 4.94. The Morgan fingerprint density at radius 2 is 2.00 bits per heavy atom. The number of hydrogen-bond acceptors (Lipinski definition) is 2. The van der Waals surface area contributed by atoms with Gasteiger partial charge in [-0.1, -0.05) is 24.3 Å². The third-order valence-corrected chi connectivity index (χ3v) is 1.46. The lowest BCUT2D eigenvalue weighted by molar-refractivity contribution is 0.185. The maximum Gasteiger partial charge on any atom is 0.0713 e. The van der Waals surface area contributed by atoms with Crippen molar-refractivity contribution in [2.24, 2.45) is 0 Å². The molecule has 0 aromatic heterocycles. The molecule has 1 N–H and O–H groups in total. The zero-order valence-electron chi connectivity index (χ0n) is 6.50. The second-order valence-electron chi connectivity index (χ2n) is 2.32. The van der Waals surface area contributed by atoms with Gasteiger partial charge in [-0.05, 0) is 11.1 Å². The summed E-state index contributed by atoms with van der Waals surface area (Å²) in [6.07, 6.45) is 1.33. The first-order valence-corrected chi connectivity index (χ1v) is 3.45. The summed E-state index contributed by atoms with van der Waals surface area (Å²) in [4.78, 5) is 0. The number of nitrogens with one attached hydrogen (secondary N) is 1. The van der Waals surface area contributed by atoms with Crippen molar-refractivity contribution in [2.75, 3.05) is 7.11 Å². The van der Waals surface area contributed by atoms with Gasteiger partial charge in [0.1, 0.15) is 0 Å². The Morgan fingerprint density at radius 3 is 2.45 bits per heavy atom. The fraction of sp³-hybridized carbons (Fsp3) is 0.222. The average molecular weight is 149 g/mol. The van der Waals surface area contributed by atoms with Crippen molar-refractivity contribution in [1.29, 1.82) is 5.41 Å². The number of methoxy groups -OCH3 is 1. The predicted molar refractivity (Wildman–Crippen MR) is 45.0 cm³/mol. The Morgan fingerprint density at radius 1 is 1.36 bits per heavy atom. The van der Waals surface area contributed by atoms with Gasteiger partial charge < -0.3 is 10.1 Å². The van der Waals surface area contributed by atoms with Gasteiger partial charge in [0, 0.05) is 13.3 Å². The van der Waals surface area contributed by atoms with Gasteiger partial charge in [0.2, 0.25) is 0 Å². The zero-order chi connectivity index (χ0) is 8.10. The molecule has 0 saturated carbocycles. The second kappa shape index (κ2) is 3.88. The first-order valence-electron chi connectivity index (χ1n) is 3.45. The summed E-state index contributed by atoms with van der Waals surface area (Å²) >= 11 is 0. The third kappa shape index (κ3) is 2.16. The van der Waals surface area contributed by atoms with Gasteiger partial charge in [-0.2, -0.15) is 0 Å². The van der Waals surface area contributed by atoms with Crippen molar-refractivity contribution in [3.63, 3.8) is 0 Å². The van der Waals surface area contributed by atoms with Crippen molar-refractivity contribution < 1.29 is 4.74 Å². The van der Waals surface area contributed by atoms with E-state index in [0.717, 1.165) is 11.1 Å². The van der Waals surface area contributed by atoms with E-state index in [-0.39, 0.29) is 0 Å². The number of hydrogen-bond donors (Lipinski definition) is 1. The molecule has 1 rings (SSSR count). The molecule has 11 heavy (non-hydrogen) atoms. The van der Waals surface area contributed by atoms with E-state index in [2.05, 4.69) is 0 Å². The second-order valence-corrected chi connectivity index (χ2v) is 2.32. The standard InChI is InChI=1S/C9H11NO/c1-11-7-9-4-2-8(6-10)3-5-9/h2-6,10H,7H2,1H3. The minimum Gasteiger partial charge on any atom is -0.380 e. The van der Waals surface area contributed by atoms with E-state index in [1.165, 1.54) is 6.21 Å². The Bertz CT molecular complexity index is 228. The molecule has 0 amide bonds. The SMILES string of the molecule is COCc1ccc(C=N)cc1. The Labute approximate surface area is 66.3 Å². The van der Waals surface area contributed by atoms with Crippen LogP contribution in [0, 0.1) is 5.41 Å². The Balaban J connectivity index is 2.74. The van der Waals surface area contributed by atoms with E-state index in [9.17, 15) is 0 Å². The van der Waals surface area contributed by atoms with Crippen LogP contribution < -0.4 is 0 Å². The smallest absolute Gasteiger partial charge is 0.0713 e. The van der Waals surface area contributed by atoms with E-state index in [0.29, 0.717) is 6.61 Å². The molecule has 0 saturated heterocycles. The minimum absolute atomic E-state index is 0.637. The molecular formula is C9H11NO. The molecular weight excluding hydrogens is 138 g/mol. The molecule has 0 spiro atoms. The van der Waals surface area contributed by atoms with Gasteiger partial charge in [-0.3, -0.25) is 0 Å². The fourth-order valence-corrected chi connectivity index (χ4v) is 0.877. The van der Waals surface area contributed by atoms with Gasteiger partial charge >= 0.3 is 0 Å². The van der Waals surface area contributed by atoms with Crippen molar-refractivity contribution in [3.8, 4) is 0 Å². The maximum atomic E-state index is 6.96. The van der Waals surface area contributed by atoms with Crippen molar-refractivity contribution >= 4 is 6.21 Å². The van der Waals surface area contributed by atoms with Crippen molar-refractivity contribution in [2.45, 2.75) is 6.61 Å². The van der Waals surface area contributed by atoms with Crippen LogP contribution >= 0.6 is 0 Å². The molecule has 2 heteroatoms. The molecule has 2 nitrogen and oxygen atoms in total. The van der Waals surface area contributed by atoms with Gasteiger partial charge in [-0.15, -0.1) is 0 Å². The molecule has 0 fully saturated rings. The molecule has 1 aromatic carbocycles. The van der Waals surface area contributed by atoms with Crippen LogP contribution in [-0.2, 0) is 11.3 Å². The molecule has 1 aromatic rings. The van der Waals surface area contributed by atoms with Crippen molar-refractivity contribution in [1.82, 2.24) is 0 Å². The van der Waals surface area contributed by atoms with Crippen molar-refractivity contribution in [3.05, 3.63) is 35.4 Å². The van der Waals surface area contributed by atoms with E-state index >= 15 is 0 Å². The third-order valence-electron chi connectivity index (χ3n) is 1.46. The monoisotopic (exact) mass is 149 g/mol. The van der Waals surface area contributed by atoms with Gasteiger partial charge in [0.25, 0.3) is 0 Å². The highest BCUT2D eigenvalue weighted by atomic mass is 16.5. The number of benzene rings is 1. The van der Waals surface area contributed by atoms with Gasteiger partial charge in [0.15, 0.2) is 0 Å². The molecule has 0 atom stereocenters. The van der Waals surface area contributed by atoms with Crippen LogP contribution in [0.25, 0.3) is 0 Å². The summed E-state index contributed by atoms with van der Waals surface area (Å²) in [7, 11) is 1.67. The van der Waals surface area contributed by atoms with E-state index in [1.807, 2.05) is 24.3 Å². The lowest BCUT2D eigenvalue weighted by Gasteiger charge is -1.98. The topological polar surface area (TPSA) is 33.1 Å². The lowest BCUT2D eigenvalue weighted by atomic mass is 10.1. The first-order chi connectivity index (χ1) is 5.36. The summed E-state index contributed by atoms with van der Waals surface area (Å²) in [6.45, 7) is 0.637. The highest BCUT2D eigenvalue weighted by Gasteiger charge is 1.90. The zero-order valence-corrected chi connectivity index (χ0v) is 6.50. The fourth-order valence-electron chi connectivity index (χ4n) is 0.877. The van der Waals surface area contributed by atoms with Crippen LogP contribution in [0.15, 0.2) is 24.3 Å². The summed E-state index contributed by atoms with van der Waals surface area (Å²) in [5.74, 6) is 0. The molecule has 0 unspecified atom stereocenters. The summed E-state index contributed by atoms with van der Waals surface area (Å²) in [5.41, 5.74) is 2.06. The van der Waals surface area contributed by atoms with Gasteiger partial charge in [-0.25, -0.2) is 0 Å². The lowest BCUT2D eigenvalue weighted by Crippen LogP contribution is -1.87. The molecule has 0 bridgehead atoms. The summed E-state index contributed by atoms with van der Waals surface area (Å²) in [6, 6.07) is 7.73. The minimum atomic E-state index is 0.637. The molecule has 0 radical (unpaired) electrons. The van der Waals surface area contributed by atoms with E-state index in [4.69, 9.17) is 10.1 Å². The summed E-state index contributed by atoms with van der Waals surface area (Å²) in [5, 5.41) is 6.96. The molecule has 0 aliphatic rings. The largest absolute Gasteiger partial charge is 0.380 e. The molecule has 0 aliphatic carbocycles. The normalized spacial score (nSPS) is 9.55. The maximum absolute atomic E-state index is 6.96. The highest BCUT2D eigenvalue weighted by molar-refractivity contribution is 5.76. The van der Waals surface area contributed by atoms with Crippen LogP contribution in [0.3, 0.4) is 0 Å². The quantitative estimate of drug-likeness (QED) is 0.653. The van der Waals surface area contributed by atoms with Crippen LogP contribution in [-0.4, -0.2) is 13.3 Å². The Kier molecular flexibility index (Phi) is 2.81. The van der Waals surface area contributed by atoms with Gasteiger partial charge in [0.05, 0.1) is 6.61 Å². The number of rotatable bonds is 3. The average Bonchev–Trinajstić information content (AvgIpc) is 2.07. The van der Waals surface area contributed by atoms with E-state index < -0.39 is 0 Å². The molecule has 0 heterocycles. The van der Waals surface area contributed by atoms with Crippen LogP contribution in [0.5, 0.6) is 0 Å². The van der Waals surface area contributed by atoms with E-state index in [1.54, 1.807) is 7.11 Å². The van der Waals surface area contributed by atoms with Crippen LogP contribution in [0.2, 0.25) is 0 Å². The Hall–Kier alpha value is -1.15. The van der Waals surface area contributed by atoms with Crippen LogP contribution in [0.4, 0.5) is 0 Å². The van der Waals surface area contributed by atoms with Crippen LogP contribution in [0.1, 0.15) is 11.1 Å². The first kappa shape index (κ1) is 7.95. The number of ether oxygens (including phenoxy) is 1.